The van der Waals surface area contributed by atoms with E-state index in [4.69, 9.17) is 14.2 Å². The van der Waals surface area contributed by atoms with Crippen LogP contribution < -0.4 is 19.5 Å². The molecule has 2 N–H and O–H groups in total. The van der Waals surface area contributed by atoms with Crippen molar-refractivity contribution in [1.29, 1.82) is 0 Å². The first-order valence-corrected chi connectivity index (χ1v) is 9.81. The standard InChI is InChI=1S/C23H25N3O6/c1-14-5-7-19(30-2)18(11-14)26-10-9-16(25-26)23(29)24-17(13-22(27)28)15-6-8-20(31-3)21(12-15)32-4/h5-12,17H,13H2,1-4H3,(H,24,29)(H,27,28)/t17-/m1/s1. The van der Waals surface area contributed by atoms with Crippen molar-refractivity contribution in [2.24, 2.45) is 0 Å². The second kappa shape index (κ2) is 9.86. The summed E-state index contributed by atoms with van der Waals surface area (Å²) in [5.41, 5.74) is 2.41. The molecule has 0 radical (unpaired) electrons. The third kappa shape index (κ3) is 5.00. The van der Waals surface area contributed by atoms with E-state index in [9.17, 15) is 14.7 Å². The Bertz CT molecular complexity index is 1120. The molecule has 1 heterocycles. The van der Waals surface area contributed by atoms with E-state index in [1.807, 2.05) is 25.1 Å². The zero-order chi connectivity index (χ0) is 23.3. The molecular formula is C23H25N3O6. The summed E-state index contributed by atoms with van der Waals surface area (Å²) in [6, 6.07) is 11.4. The molecule has 3 rings (SSSR count). The third-order valence-electron chi connectivity index (χ3n) is 4.90. The molecule has 0 aliphatic heterocycles. The van der Waals surface area contributed by atoms with Gasteiger partial charge in [-0.15, -0.1) is 0 Å². The fourth-order valence-electron chi connectivity index (χ4n) is 3.29. The van der Waals surface area contributed by atoms with Gasteiger partial charge in [-0.1, -0.05) is 12.1 Å². The van der Waals surface area contributed by atoms with E-state index in [-0.39, 0.29) is 12.1 Å². The van der Waals surface area contributed by atoms with Gasteiger partial charge in [0, 0.05) is 6.20 Å². The summed E-state index contributed by atoms with van der Waals surface area (Å²) in [6.07, 6.45) is 1.34. The van der Waals surface area contributed by atoms with E-state index in [0.29, 0.717) is 28.5 Å². The van der Waals surface area contributed by atoms with Gasteiger partial charge in [-0.2, -0.15) is 5.10 Å². The third-order valence-corrected chi connectivity index (χ3v) is 4.90. The number of carbonyl (C=O) groups excluding carboxylic acids is 1. The molecule has 0 unspecified atom stereocenters. The maximum absolute atomic E-state index is 12.9. The number of nitrogens with one attached hydrogen (secondary N) is 1. The van der Waals surface area contributed by atoms with Crippen molar-refractivity contribution in [3.8, 4) is 22.9 Å². The molecule has 0 aliphatic rings. The molecule has 0 saturated heterocycles. The molecule has 9 nitrogen and oxygen atoms in total. The van der Waals surface area contributed by atoms with Crippen molar-refractivity contribution in [3.63, 3.8) is 0 Å². The molecule has 1 amide bonds. The Labute approximate surface area is 185 Å². The SMILES string of the molecule is COc1ccc([C@@H](CC(=O)O)NC(=O)c2ccn(-c3cc(C)ccc3OC)n2)cc1OC. The van der Waals surface area contributed by atoms with Gasteiger partial charge in [0.25, 0.3) is 5.91 Å². The van der Waals surface area contributed by atoms with Gasteiger partial charge >= 0.3 is 5.97 Å². The molecule has 32 heavy (non-hydrogen) atoms. The number of aryl methyl sites for hydroxylation is 1. The molecule has 1 aromatic heterocycles. The molecule has 0 fully saturated rings. The van der Waals surface area contributed by atoms with Crippen LogP contribution in [0.3, 0.4) is 0 Å². The Balaban J connectivity index is 1.87. The monoisotopic (exact) mass is 439 g/mol. The van der Waals surface area contributed by atoms with Crippen molar-refractivity contribution in [2.75, 3.05) is 21.3 Å². The highest BCUT2D eigenvalue weighted by Crippen LogP contribution is 2.31. The fraction of sp³-hybridized carbons (Fsp3) is 0.261. The molecule has 0 spiro atoms. The summed E-state index contributed by atoms with van der Waals surface area (Å²) >= 11 is 0. The molecule has 168 valence electrons. The van der Waals surface area contributed by atoms with Crippen LogP contribution in [0.15, 0.2) is 48.7 Å². The van der Waals surface area contributed by atoms with Crippen LogP contribution in [-0.4, -0.2) is 48.1 Å². The summed E-state index contributed by atoms with van der Waals surface area (Å²) in [7, 11) is 4.55. The number of methoxy groups -OCH3 is 3. The molecule has 2 aromatic carbocycles. The summed E-state index contributed by atoms with van der Waals surface area (Å²) in [5, 5.41) is 16.5. The number of nitrogens with zero attached hydrogens (tertiary/aromatic N) is 2. The first-order valence-electron chi connectivity index (χ1n) is 9.81. The van der Waals surface area contributed by atoms with Crippen LogP contribution >= 0.6 is 0 Å². The van der Waals surface area contributed by atoms with Crippen molar-refractivity contribution in [3.05, 3.63) is 65.5 Å². The van der Waals surface area contributed by atoms with E-state index in [0.717, 1.165) is 5.56 Å². The fourth-order valence-corrected chi connectivity index (χ4v) is 3.29. The highest BCUT2D eigenvalue weighted by Gasteiger charge is 2.22. The number of hydrogen-bond acceptors (Lipinski definition) is 6. The first-order chi connectivity index (χ1) is 15.4. The Hall–Kier alpha value is -4.01. The smallest absolute Gasteiger partial charge is 0.305 e. The number of aliphatic carboxylic acids is 1. The van der Waals surface area contributed by atoms with Gasteiger partial charge < -0.3 is 24.6 Å². The van der Waals surface area contributed by atoms with Gasteiger partial charge in [0.1, 0.15) is 11.4 Å². The van der Waals surface area contributed by atoms with Gasteiger partial charge in [-0.05, 0) is 48.4 Å². The largest absolute Gasteiger partial charge is 0.494 e. The summed E-state index contributed by atoms with van der Waals surface area (Å²) in [5.74, 6) is -0.00999. The van der Waals surface area contributed by atoms with Crippen LogP contribution in [0.25, 0.3) is 5.69 Å². The molecule has 0 aliphatic carbocycles. The van der Waals surface area contributed by atoms with Crippen molar-refractivity contribution in [1.82, 2.24) is 15.1 Å². The minimum atomic E-state index is -1.06. The van der Waals surface area contributed by atoms with E-state index in [2.05, 4.69) is 10.4 Å². The van der Waals surface area contributed by atoms with E-state index < -0.39 is 17.9 Å². The number of hydrogen-bond donors (Lipinski definition) is 2. The summed E-state index contributed by atoms with van der Waals surface area (Å²) in [6.45, 7) is 1.94. The van der Waals surface area contributed by atoms with Gasteiger partial charge in [-0.25, -0.2) is 4.68 Å². The Kier molecular flexibility index (Phi) is 6.99. The van der Waals surface area contributed by atoms with Crippen molar-refractivity contribution >= 4 is 11.9 Å². The second-order valence-corrected chi connectivity index (χ2v) is 7.06. The van der Waals surface area contributed by atoms with E-state index in [1.54, 1.807) is 42.3 Å². The lowest BCUT2D eigenvalue weighted by molar-refractivity contribution is -0.137. The number of amides is 1. The number of aromatic nitrogens is 2. The summed E-state index contributed by atoms with van der Waals surface area (Å²) in [4.78, 5) is 24.3. The minimum absolute atomic E-state index is 0.143. The maximum atomic E-state index is 12.9. The lowest BCUT2D eigenvalue weighted by atomic mass is 10.0. The lowest BCUT2D eigenvalue weighted by Crippen LogP contribution is -2.30. The lowest BCUT2D eigenvalue weighted by Gasteiger charge is -2.18. The van der Waals surface area contributed by atoms with Gasteiger partial charge in [-0.3, -0.25) is 9.59 Å². The Morgan fingerprint density at radius 1 is 1.00 bits per heavy atom. The Morgan fingerprint density at radius 2 is 1.69 bits per heavy atom. The zero-order valence-electron chi connectivity index (χ0n) is 18.3. The van der Waals surface area contributed by atoms with Gasteiger partial charge in [0.15, 0.2) is 17.2 Å². The van der Waals surface area contributed by atoms with Crippen LogP contribution in [0.4, 0.5) is 0 Å². The first kappa shape index (κ1) is 22.7. The number of carbonyl (C=O) groups is 2. The number of carboxylic acid groups (broad SMARTS) is 1. The number of rotatable bonds is 9. The van der Waals surface area contributed by atoms with Crippen LogP contribution in [0, 0.1) is 6.92 Å². The second-order valence-electron chi connectivity index (χ2n) is 7.06. The topological polar surface area (TPSA) is 112 Å². The molecule has 0 saturated carbocycles. The van der Waals surface area contributed by atoms with Crippen LogP contribution in [-0.2, 0) is 4.79 Å². The minimum Gasteiger partial charge on any atom is -0.494 e. The van der Waals surface area contributed by atoms with Crippen molar-refractivity contribution in [2.45, 2.75) is 19.4 Å². The molecule has 3 aromatic rings. The average Bonchev–Trinajstić information content (AvgIpc) is 3.28. The Morgan fingerprint density at radius 3 is 2.34 bits per heavy atom. The predicted octanol–water partition coefficient (Wildman–Crippen LogP) is 3.15. The molecule has 9 heteroatoms. The highest BCUT2D eigenvalue weighted by molar-refractivity contribution is 5.92. The normalized spacial score (nSPS) is 11.5. The summed E-state index contributed by atoms with van der Waals surface area (Å²) < 4.78 is 17.4. The quantitative estimate of drug-likeness (QED) is 0.527. The zero-order valence-corrected chi connectivity index (χ0v) is 18.3. The van der Waals surface area contributed by atoms with Crippen molar-refractivity contribution < 1.29 is 28.9 Å². The number of ether oxygens (including phenoxy) is 3. The molecular weight excluding hydrogens is 414 g/mol. The van der Waals surface area contributed by atoms with E-state index in [1.165, 1.54) is 14.2 Å². The molecule has 1 atom stereocenters. The number of benzene rings is 2. The van der Waals surface area contributed by atoms with E-state index >= 15 is 0 Å². The number of carboxylic acids is 1. The maximum Gasteiger partial charge on any atom is 0.305 e. The molecule has 0 bridgehead atoms. The highest BCUT2D eigenvalue weighted by atomic mass is 16.5. The average molecular weight is 439 g/mol. The van der Waals surface area contributed by atoms with Crippen LogP contribution in [0.5, 0.6) is 17.2 Å². The van der Waals surface area contributed by atoms with Crippen LogP contribution in [0.1, 0.15) is 34.1 Å². The van der Waals surface area contributed by atoms with Crippen LogP contribution in [0.2, 0.25) is 0 Å². The van der Waals surface area contributed by atoms with Gasteiger partial charge in [0.05, 0.1) is 33.8 Å². The van der Waals surface area contributed by atoms with Gasteiger partial charge in [0.2, 0.25) is 0 Å². The predicted molar refractivity (Wildman–Crippen MR) is 117 cm³/mol.